The average molecular weight is 550 g/mol. The summed E-state index contributed by atoms with van der Waals surface area (Å²) >= 11 is 1.67. The molecule has 0 spiro atoms. The number of thiazole rings is 1. The summed E-state index contributed by atoms with van der Waals surface area (Å²) in [5.41, 5.74) is 12.6. The van der Waals surface area contributed by atoms with Gasteiger partial charge in [0.25, 0.3) is 0 Å². The van der Waals surface area contributed by atoms with Crippen LogP contribution in [0.5, 0.6) is 0 Å². The van der Waals surface area contributed by atoms with Crippen molar-refractivity contribution in [3.05, 3.63) is 70.1 Å². The molecule has 1 aliphatic heterocycles. The number of aromatic nitrogens is 2. The second-order valence-electron chi connectivity index (χ2n) is 11.6. The van der Waals surface area contributed by atoms with E-state index in [1.165, 1.54) is 0 Å². The summed E-state index contributed by atoms with van der Waals surface area (Å²) in [5.74, 6) is 0. The van der Waals surface area contributed by atoms with Gasteiger partial charge in [-0.05, 0) is 48.9 Å². The van der Waals surface area contributed by atoms with Crippen LogP contribution in [0.4, 0.5) is 11.4 Å². The van der Waals surface area contributed by atoms with Gasteiger partial charge in [-0.3, -0.25) is 9.99 Å². The van der Waals surface area contributed by atoms with Gasteiger partial charge in [-0.15, -0.1) is 16.9 Å². The maximum absolute atomic E-state index is 10.1. The summed E-state index contributed by atoms with van der Waals surface area (Å²) in [6.45, 7) is 9.09. The first-order valence-electron chi connectivity index (χ1n) is 13.4. The Balaban J connectivity index is 1.48. The number of benzene rings is 2. The van der Waals surface area contributed by atoms with E-state index in [1.807, 2.05) is 31.2 Å². The fraction of sp³-hybridized carbons (Fsp3) is 0.333. The Morgan fingerprint density at radius 3 is 2.70 bits per heavy atom. The van der Waals surface area contributed by atoms with Crippen LogP contribution in [0.1, 0.15) is 61.4 Å². The summed E-state index contributed by atoms with van der Waals surface area (Å²) in [6, 6.07) is 14.9. The Morgan fingerprint density at radius 1 is 1.18 bits per heavy atom. The molecule has 2 aromatic heterocycles. The molecule has 2 aromatic carbocycles. The van der Waals surface area contributed by atoms with Gasteiger partial charge in [0.1, 0.15) is 12.1 Å². The third-order valence-electron chi connectivity index (χ3n) is 7.04. The molecule has 9 nitrogen and oxygen atoms in total. The van der Waals surface area contributed by atoms with Crippen LogP contribution in [-0.4, -0.2) is 27.6 Å². The minimum atomic E-state index is -0.248. The molecule has 4 aromatic rings. The minimum absolute atomic E-state index is 0.00601. The molecule has 0 amide bonds. The summed E-state index contributed by atoms with van der Waals surface area (Å²) in [4.78, 5) is 9.22. The third-order valence-corrected chi connectivity index (χ3v) is 8.08. The zero-order chi connectivity index (χ0) is 28.0. The van der Waals surface area contributed by atoms with Gasteiger partial charge in [-0.25, -0.2) is 4.98 Å². The molecule has 0 bridgehead atoms. The number of aryl methyl sites for hydroxylation is 1. The first-order valence-corrected chi connectivity index (χ1v) is 14.2. The van der Waals surface area contributed by atoms with Crippen LogP contribution in [0.3, 0.4) is 0 Å². The van der Waals surface area contributed by atoms with E-state index in [4.69, 9.17) is 4.98 Å². The zero-order valence-electron chi connectivity index (χ0n) is 23.0. The Morgan fingerprint density at radius 2 is 1.98 bits per heavy atom. The quantitative estimate of drug-likeness (QED) is 0.225. The van der Waals surface area contributed by atoms with E-state index < -0.39 is 0 Å². The number of hydrogen-bond acceptors (Lipinski definition) is 10. The molecule has 0 saturated heterocycles. The predicted molar refractivity (Wildman–Crippen MR) is 159 cm³/mol. The molecule has 1 atom stereocenters. The largest absolute Gasteiger partial charge is 0.383 e. The second kappa shape index (κ2) is 9.98. The second-order valence-corrected chi connectivity index (χ2v) is 12.8. The molecule has 2 aliphatic rings. The molecule has 1 aliphatic carbocycles. The smallest absolute Gasteiger partial charge is 0.103 e. The van der Waals surface area contributed by atoms with Gasteiger partial charge in [0.05, 0.1) is 49.3 Å². The normalized spacial score (nSPS) is 15.8. The first-order chi connectivity index (χ1) is 19.2. The molecular weight excluding hydrogens is 518 g/mol. The molecule has 6 rings (SSSR count). The van der Waals surface area contributed by atoms with Crippen molar-refractivity contribution < 1.29 is 0 Å². The van der Waals surface area contributed by atoms with Gasteiger partial charge < -0.3 is 16.1 Å². The van der Waals surface area contributed by atoms with E-state index in [9.17, 15) is 10.5 Å². The Labute approximate surface area is 237 Å². The van der Waals surface area contributed by atoms with E-state index in [0.717, 1.165) is 50.4 Å². The van der Waals surface area contributed by atoms with Crippen LogP contribution in [0.2, 0.25) is 0 Å². The number of nitriles is 2. The van der Waals surface area contributed by atoms with Gasteiger partial charge in [0.15, 0.2) is 0 Å². The van der Waals surface area contributed by atoms with Crippen LogP contribution in [0.15, 0.2) is 48.4 Å². The van der Waals surface area contributed by atoms with Crippen molar-refractivity contribution >= 4 is 43.8 Å². The van der Waals surface area contributed by atoms with E-state index in [0.29, 0.717) is 34.9 Å². The van der Waals surface area contributed by atoms with Crippen molar-refractivity contribution in [2.45, 2.75) is 52.6 Å². The molecule has 0 radical (unpaired) electrons. The van der Waals surface area contributed by atoms with Crippen molar-refractivity contribution in [3.63, 3.8) is 0 Å². The van der Waals surface area contributed by atoms with Crippen LogP contribution >= 0.6 is 11.3 Å². The van der Waals surface area contributed by atoms with E-state index in [2.05, 4.69) is 76.8 Å². The van der Waals surface area contributed by atoms with E-state index in [-0.39, 0.29) is 11.5 Å². The lowest BCUT2D eigenvalue weighted by Crippen LogP contribution is -2.38. The molecule has 40 heavy (non-hydrogen) atoms. The number of fused-ring (bicyclic) bond motifs is 2. The Hall–Kier alpha value is -4.38. The number of rotatable bonds is 7. The molecule has 3 heterocycles. The number of hydrazine groups is 2. The first kappa shape index (κ1) is 25.9. The predicted octanol–water partition coefficient (Wildman–Crippen LogP) is 5.84. The maximum atomic E-state index is 10.1. The highest BCUT2D eigenvalue weighted by molar-refractivity contribution is 7.18. The fourth-order valence-electron chi connectivity index (χ4n) is 4.94. The molecule has 202 valence electrons. The number of nitrogens with one attached hydrogen (secondary N) is 4. The molecule has 1 saturated carbocycles. The lowest BCUT2D eigenvalue weighted by atomic mass is 9.96. The lowest BCUT2D eigenvalue weighted by Gasteiger charge is -2.24. The highest BCUT2D eigenvalue weighted by Gasteiger charge is 2.33. The molecular formula is C30H31N9S. The number of pyridine rings is 1. The lowest BCUT2D eigenvalue weighted by molar-refractivity contribution is 0.260. The number of anilines is 2. The number of hydrogen-bond donors (Lipinski definition) is 4. The van der Waals surface area contributed by atoms with Gasteiger partial charge in [-0.2, -0.15) is 10.5 Å². The highest BCUT2D eigenvalue weighted by Crippen LogP contribution is 2.38. The van der Waals surface area contributed by atoms with Crippen molar-refractivity contribution in [1.29, 1.82) is 10.5 Å². The highest BCUT2D eigenvalue weighted by atomic mass is 32.1. The van der Waals surface area contributed by atoms with Crippen LogP contribution in [0, 0.1) is 35.0 Å². The molecule has 10 heteroatoms. The summed E-state index contributed by atoms with van der Waals surface area (Å²) in [7, 11) is 0. The van der Waals surface area contributed by atoms with Crippen LogP contribution in [-0.2, 0) is 0 Å². The van der Waals surface area contributed by atoms with E-state index in [1.54, 1.807) is 17.5 Å². The molecule has 1 fully saturated rings. The van der Waals surface area contributed by atoms with Crippen molar-refractivity contribution in [1.82, 2.24) is 25.9 Å². The summed E-state index contributed by atoms with van der Waals surface area (Å²) in [5, 5.41) is 31.0. The van der Waals surface area contributed by atoms with Crippen LogP contribution < -0.4 is 21.6 Å². The van der Waals surface area contributed by atoms with Gasteiger partial charge in [-0.1, -0.05) is 32.9 Å². The molecule has 4 N–H and O–H groups in total. The molecule has 0 unspecified atom stereocenters. The van der Waals surface area contributed by atoms with Gasteiger partial charge in [0, 0.05) is 36.1 Å². The van der Waals surface area contributed by atoms with Gasteiger partial charge in [0.2, 0.25) is 0 Å². The Kier molecular flexibility index (Phi) is 6.46. The average Bonchev–Trinajstić information content (AvgIpc) is 3.53. The Bertz CT molecular complexity index is 1730. The summed E-state index contributed by atoms with van der Waals surface area (Å²) < 4.78 is 1.12. The third kappa shape index (κ3) is 5.00. The topological polar surface area (TPSA) is 125 Å². The monoisotopic (exact) mass is 549 g/mol. The van der Waals surface area contributed by atoms with Crippen molar-refractivity contribution in [2.75, 3.05) is 17.2 Å². The van der Waals surface area contributed by atoms with Crippen molar-refractivity contribution in [3.8, 4) is 12.1 Å². The SMILES string of the molecule is Cc1nc2cccc([C@H](Nc3cc(C#N)c4ncc(C#N)c(NCC(C)(C)C)c4c3)C3=CN(C4CC4)NN3)c2s1. The zero-order valence-corrected chi connectivity index (χ0v) is 23.8. The standard InChI is InChI=1S/C30H31N9S/c1-17-35-24-7-5-6-22(29(24)40-17)28(25-15-39(38-37-25)21-8-9-21)36-20-10-18(12-31)26-23(11-20)27(19(13-32)14-33-26)34-16-30(2,3)4/h5-7,10-11,14-15,21,28,36-38H,8-9,16H2,1-4H3,(H,33,34)/t28-/m0/s1. The van der Waals surface area contributed by atoms with Gasteiger partial charge >= 0.3 is 0 Å². The minimum Gasteiger partial charge on any atom is -0.383 e. The maximum Gasteiger partial charge on any atom is 0.103 e. The van der Waals surface area contributed by atoms with E-state index >= 15 is 0 Å². The van der Waals surface area contributed by atoms with Crippen molar-refractivity contribution in [2.24, 2.45) is 5.41 Å². The van der Waals surface area contributed by atoms with Crippen LogP contribution in [0.25, 0.3) is 21.1 Å². The number of nitrogens with zero attached hydrogens (tertiary/aromatic N) is 5. The summed E-state index contributed by atoms with van der Waals surface area (Å²) in [6.07, 6.45) is 5.99. The fourth-order valence-corrected chi connectivity index (χ4v) is 5.90.